The topological polar surface area (TPSA) is 20.3 Å². The van der Waals surface area contributed by atoms with Crippen molar-refractivity contribution in [3.63, 3.8) is 0 Å². The quantitative estimate of drug-likeness (QED) is 0.515. The van der Waals surface area contributed by atoms with Crippen molar-refractivity contribution < 1.29 is 4.79 Å². The van der Waals surface area contributed by atoms with Crippen LogP contribution in [0.4, 0.5) is 0 Å². The maximum absolute atomic E-state index is 11.3. The van der Waals surface area contributed by atoms with Gasteiger partial charge in [0.25, 0.3) is 0 Å². The smallest absolute Gasteiger partial charge is 0.127 e. The molecule has 0 unspecified atom stereocenters. The molecule has 1 aliphatic rings. The molecule has 88 valence electrons. The van der Waals surface area contributed by atoms with Gasteiger partial charge in [-0.1, -0.05) is 32.6 Å². The van der Waals surface area contributed by atoms with Crippen LogP contribution in [0, 0.1) is 5.41 Å². The fourth-order valence-corrected chi connectivity index (χ4v) is 2.74. The van der Waals surface area contributed by atoms with Gasteiger partial charge < -0.3 is 9.69 Å². The molecule has 0 amide bonds. The molecular weight excluding hydrogens is 186 g/mol. The van der Waals surface area contributed by atoms with E-state index in [1.807, 2.05) is 0 Å². The van der Waals surface area contributed by atoms with Crippen LogP contribution < -0.4 is 0 Å². The highest BCUT2D eigenvalue weighted by Crippen LogP contribution is 2.33. The zero-order chi connectivity index (χ0) is 11.1. The molecular formula is C13H25NO. The molecule has 0 atom stereocenters. The summed E-state index contributed by atoms with van der Waals surface area (Å²) in [6.07, 6.45) is 9.71. The lowest BCUT2D eigenvalue weighted by Crippen LogP contribution is -2.37. The summed E-state index contributed by atoms with van der Waals surface area (Å²) < 4.78 is 0. The minimum atomic E-state index is -0.0274. The molecule has 0 heterocycles. The lowest BCUT2D eigenvalue weighted by atomic mass is 9.81. The second kappa shape index (κ2) is 6.26. The Bertz CT molecular complexity index is 183. The van der Waals surface area contributed by atoms with E-state index >= 15 is 0 Å². The highest BCUT2D eigenvalue weighted by atomic mass is 16.1. The van der Waals surface area contributed by atoms with Gasteiger partial charge in [0.05, 0.1) is 0 Å². The van der Waals surface area contributed by atoms with Crippen LogP contribution in [0.1, 0.15) is 51.9 Å². The third-order valence-electron chi connectivity index (χ3n) is 3.54. The Morgan fingerprint density at radius 2 is 1.80 bits per heavy atom. The highest BCUT2D eigenvalue weighted by molar-refractivity contribution is 5.59. The van der Waals surface area contributed by atoms with Gasteiger partial charge in [-0.3, -0.25) is 0 Å². The Morgan fingerprint density at radius 1 is 1.20 bits per heavy atom. The standard InChI is InChI=1S/C13H25NO/c1-3-10-14(2)11-13(12-15)8-6-4-5-7-9-13/h12H,3-11H2,1-2H3. The summed E-state index contributed by atoms with van der Waals surface area (Å²) in [7, 11) is 2.14. The van der Waals surface area contributed by atoms with Gasteiger partial charge in [-0.2, -0.15) is 0 Å². The van der Waals surface area contributed by atoms with Crippen LogP contribution in [0.15, 0.2) is 0 Å². The van der Waals surface area contributed by atoms with E-state index in [1.165, 1.54) is 38.4 Å². The average Bonchev–Trinajstić information content (AvgIpc) is 2.44. The molecule has 0 aromatic carbocycles. The number of carbonyl (C=O) groups excluding carboxylic acids is 1. The van der Waals surface area contributed by atoms with Crippen molar-refractivity contribution in [2.45, 2.75) is 51.9 Å². The molecule has 0 spiro atoms. The maximum Gasteiger partial charge on any atom is 0.127 e. The average molecular weight is 211 g/mol. The first kappa shape index (κ1) is 12.7. The molecule has 2 heteroatoms. The number of aldehydes is 1. The largest absolute Gasteiger partial charge is 0.305 e. The molecule has 0 aromatic rings. The lowest BCUT2D eigenvalue weighted by Gasteiger charge is -2.31. The van der Waals surface area contributed by atoms with Crippen LogP contribution in [0.2, 0.25) is 0 Å². The number of rotatable bonds is 5. The summed E-state index contributed by atoms with van der Waals surface area (Å²) >= 11 is 0. The van der Waals surface area contributed by atoms with Gasteiger partial charge in [0.2, 0.25) is 0 Å². The van der Waals surface area contributed by atoms with Crippen molar-refractivity contribution in [3.05, 3.63) is 0 Å². The van der Waals surface area contributed by atoms with Gasteiger partial charge in [0.15, 0.2) is 0 Å². The summed E-state index contributed by atoms with van der Waals surface area (Å²) in [6.45, 7) is 4.26. The first-order valence-corrected chi connectivity index (χ1v) is 6.37. The first-order valence-electron chi connectivity index (χ1n) is 6.37. The molecule has 0 N–H and O–H groups in total. The Balaban J connectivity index is 2.53. The zero-order valence-corrected chi connectivity index (χ0v) is 10.3. The number of hydrogen-bond donors (Lipinski definition) is 0. The molecule has 2 nitrogen and oxygen atoms in total. The van der Waals surface area contributed by atoms with E-state index in [9.17, 15) is 4.79 Å². The molecule has 0 aromatic heterocycles. The third kappa shape index (κ3) is 3.94. The van der Waals surface area contributed by atoms with Crippen molar-refractivity contribution in [1.29, 1.82) is 0 Å². The normalized spacial score (nSPS) is 21.3. The van der Waals surface area contributed by atoms with Crippen LogP contribution in [-0.2, 0) is 4.79 Å². The predicted octanol–water partition coefficient (Wildman–Crippen LogP) is 2.87. The summed E-state index contributed by atoms with van der Waals surface area (Å²) in [5.41, 5.74) is -0.0274. The molecule has 15 heavy (non-hydrogen) atoms. The van der Waals surface area contributed by atoms with Gasteiger partial charge in [-0.05, 0) is 32.9 Å². The molecule has 0 saturated heterocycles. The number of nitrogens with zero attached hydrogens (tertiary/aromatic N) is 1. The van der Waals surface area contributed by atoms with Crippen LogP contribution >= 0.6 is 0 Å². The summed E-state index contributed by atoms with van der Waals surface area (Å²) in [5.74, 6) is 0. The lowest BCUT2D eigenvalue weighted by molar-refractivity contribution is -0.117. The molecule has 1 fully saturated rings. The summed E-state index contributed by atoms with van der Waals surface area (Å²) in [4.78, 5) is 13.7. The van der Waals surface area contributed by atoms with Crippen LogP contribution in [0.3, 0.4) is 0 Å². The SMILES string of the molecule is CCCN(C)CC1(C=O)CCCCCC1. The van der Waals surface area contributed by atoms with E-state index in [0.29, 0.717) is 0 Å². The second-order valence-electron chi connectivity index (χ2n) is 5.13. The number of hydrogen-bond acceptors (Lipinski definition) is 2. The van der Waals surface area contributed by atoms with Gasteiger partial charge in [0.1, 0.15) is 6.29 Å². The van der Waals surface area contributed by atoms with E-state index < -0.39 is 0 Å². The van der Waals surface area contributed by atoms with E-state index in [-0.39, 0.29) is 5.41 Å². The zero-order valence-electron chi connectivity index (χ0n) is 10.3. The Hall–Kier alpha value is -0.370. The summed E-state index contributed by atoms with van der Waals surface area (Å²) in [6, 6.07) is 0. The Morgan fingerprint density at radius 3 is 2.27 bits per heavy atom. The van der Waals surface area contributed by atoms with E-state index in [1.54, 1.807) is 0 Å². The minimum absolute atomic E-state index is 0.0274. The predicted molar refractivity (Wildman–Crippen MR) is 64.0 cm³/mol. The molecule has 1 rings (SSSR count). The van der Waals surface area contributed by atoms with E-state index in [2.05, 4.69) is 18.9 Å². The van der Waals surface area contributed by atoms with Gasteiger partial charge in [-0.25, -0.2) is 0 Å². The van der Waals surface area contributed by atoms with Crippen molar-refractivity contribution in [1.82, 2.24) is 4.90 Å². The monoisotopic (exact) mass is 211 g/mol. The second-order valence-corrected chi connectivity index (χ2v) is 5.13. The third-order valence-corrected chi connectivity index (χ3v) is 3.54. The molecule has 0 aliphatic heterocycles. The molecule has 0 radical (unpaired) electrons. The summed E-state index contributed by atoms with van der Waals surface area (Å²) in [5, 5.41) is 0. The van der Waals surface area contributed by atoms with Crippen molar-refractivity contribution >= 4 is 6.29 Å². The Labute approximate surface area is 94.0 Å². The fourth-order valence-electron chi connectivity index (χ4n) is 2.74. The highest BCUT2D eigenvalue weighted by Gasteiger charge is 2.31. The molecule has 1 aliphatic carbocycles. The Kier molecular flexibility index (Phi) is 5.30. The van der Waals surface area contributed by atoms with Crippen LogP contribution in [0.5, 0.6) is 0 Å². The van der Waals surface area contributed by atoms with E-state index in [0.717, 1.165) is 25.9 Å². The van der Waals surface area contributed by atoms with Crippen LogP contribution in [-0.4, -0.2) is 31.3 Å². The van der Waals surface area contributed by atoms with Crippen molar-refractivity contribution in [2.24, 2.45) is 5.41 Å². The fraction of sp³-hybridized carbons (Fsp3) is 0.923. The van der Waals surface area contributed by atoms with Gasteiger partial charge >= 0.3 is 0 Å². The number of carbonyl (C=O) groups is 1. The van der Waals surface area contributed by atoms with Gasteiger partial charge in [-0.15, -0.1) is 0 Å². The maximum atomic E-state index is 11.3. The molecule has 1 saturated carbocycles. The van der Waals surface area contributed by atoms with Crippen molar-refractivity contribution in [3.8, 4) is 0 Å². The van der Waals surface area contributed by atoms with Crippen LogP contribution in [0.25, 0.3) is 0 Å². The minimum Gasteiger partial charge on any atom is -0.305 e. The van der Waals surface area contributed by atoms with Crippen molar-refractivity contribution in [2.75, 3.05) is 20.1 Å². The molecule has 0 bridgehead atoms. The van der Waals surface area contributed by atoms with E-state index in [4.69, 9.17) is 0 Å². The first-order chi connectivity index (χ1) is 7.22. The van der Waals surface area contributed by atoms with Gasteiger partial charge in [0, 0.05) is 12.0 Å².